The molecule has 0 bridgehead atoms. The Morgan fingerprint density at radius 1 is 1.00 bits per heavy atom. The molecule has 0 atom stereocenters. The van der Waals surface area contributed by atoms with E-state index < -0.39 is 6.16 Å². The highest BCUT2D eigenvalue weighted by Crippen LogP contribution is 2.39. The Morgan fingerprint density at radius 3 is 1.87 bits per heavy atom. The molecular weight excluding hydrogens is 196 g/mol. The van der Waals surface area contributed by atoms with Gasteiger partial charge in [-0.25, -0.2) is 0 Å². The van der Waals surface area contributed by atoms with Crippen LogP contribution in [0.3, 0.4) is 0 Å². The van der Waals surface area contributed by atoms with Gasteiger partial charge in [-0.3, -0.25) is 9.47 Å². The van der Waals surface area contributed by atoms with Crippen molar-refractivity contribution in [2.24, 2.45) is 0 Å². The molecule has 0 radical (unpaired) electrons. The number of rotatable bonds is 4. The fourth-order valence-corrected chi connectivity index (χ4v) is 1.42. The lowest BCUT2D eigenvalue weighted by molar-refractivity contribution is -0.423. The van der Waals surface area contributed by atoms with E-state index in [1.807, 2.05) is 38.1 Å². The van der Waals surface area contributed by atoms with Crippen LogP contribution in [-0.4, -0.2) is 19.4 Å². The van der Waals surface area contributed by atoms with Gasteiger partial charge < -0.3 is 9.47 Å². The molecule has 2 rings (SSSR count). The van der Waals surface area contributed by atoms with E-state index >= 15 is 0 Å². The smallest absolute Gasteiger partial charge is 0.403 e. The summed E-state index contributed by atoms with van der Waals surface area (Å²) in [6, 6.07) is 7.37. The topological polar surface area (TPSA) is 36.9 Å². The number of fused-ring (bicyclic) bond motifs is 1. The highest BCUT2D eigenvalue weighted by atomic mass is 17.0. The number of benzene rings is 1. The van der Waals surface area contributed by atoms with Crippen molar-refractivity contribution in [3.63, 3.8) is 0 Å². The minimum absolute atomic E-state index is 0.452. The van der Waals surface area contributed by atoms with Crippen LogP contribution < -0.4 is 9.47 Å². The monoisotopic (exact) mass is 210 g/mol. The lowest BCUT2D eigenvalue weighted by Crippen LogP contribution is -2.44. The maximum atomic E-state index is 5.51. The zero-order valence-electron chi connectivity index (χ0n) is 8.86. The van der Waals surface area contributed by atoms with Crippen LogP contribution in [0.25, 0.3) is 0 Å². The second kappa shape index (κ2) is 4.08. The Kier molecular flexibility index (Phi) is 2.79. The average Bonchev–Trinajstić information content (AvgIpc) is 2.56. The van der Waals surface area contributed by atoms with E-state index in [1.165, 1.54) is 0 Å². The first-order valence-corrected chi connectivity index (χ1v) is 5.04. The SMILES string of the molecule is CCOC1(OCC)Oc2ccccc2O1. The molecule has 1 heterocycles. The van der Waals surface area contributed by atoms with Crippen LogP contribution in [0.5, 0.6) is 11.5 Å². The van der Waals surface area contributed by atoms with Crippen molar-refractivity contribution in [3.8, 4) is 11.5 Å². The Bertz CT molecular complexity index is 304. The van der Waals surface area contributed by atoms with Gasteiger partial charge in [0.15, 0.2) is 11.5 Å². The summed E-state index contributed by atoms with van der Waals surface area (Å²) in [4.78, 5) is 0. The van der Waals surface area contributed by atoms with E-state index in [2.05, 4.69) is 0 Å². The van der Waals surface area contributed by atoms with E-state index in [0.717, 1.165) is 0 Å². The molecule has 1 aliphatic rings. The summed E-state index contributed by atoms with van der Waals surface area (Å²) in [7, 11) is 0. The van der Waals surface area contributed by atoms with Crippen LogP contribution in [0, 0.1) is 0 Å². The maximum Gasteiger partial charge on any atom is 0.510 e. The van der Waals surface area contributed by atoms with Gasteiger partial charge in [-0.1, -0.05) is 12.1 Å². The fraction of sp³-hybridized carbons (Fsp3) is 0.455. The van der Waals surface area contributed by atoms with E-state index in [9.17, 15) is 0 Å². The zero-order chi connectivity index (χ0) is 10.7. The molecular formula is C11H14O4. The molecule has 0 saturated carbocycles. The molecule has 15 heavy (non-hydrogen) atoms. The van der Waals surface area contributed by atoms with Crippen LogP contribution in [0.1, 0.15) is 13.8 Å². The Hall–Kier alpha value is -1.26. The van der Waals surface area contributed by atoms with Gasteiger partial charge >= 0.3 is 6.16 Å². The molecule has 0 saturated heterocycles. The minimum Gasteiger partial charge on any atom is -0.403 e. The first-order valence-electron chi connectivity index (χ1n) is 5.04. The van der Waals surface area contributed by atoms with Gasteiger partial charge in [-0.2, -0.15) is 0 Å². The van der Waals surface area contributed by atoms with Crippen LogP contribution >= 0.6 is 0 Å². The molecule has 1 aromatic rings. The minimum atomic E-state index is -1.40. The van der Waals surface area contributed by atoms with Crippen LogP contribution in [0.4, 0.5) is 0 Å². The predicted molar refractivity (Wildman–Crippen MR) is 53.7 cm³/mol. The lowest BCUT2D eigenvalue weighted by Gasteiger charge is -2.24. The van der Waals surface area contributed by atoms with E-state index in [4.69, 9.17) is 18.9 Å². The summed E-state index contributed by atoms with van der Waals surface area (Å²) in [5, 5.41) is 0. The van der Waals surface area contributed by atoms with Gasteiger partial charge in [-0.05, 0) is 26.0 Å². The van der Waals surface area contributed by atoms with Crippen molar-refractivity contribution in [1.29, 1.82) is 0 Å². The molecule has 4 nitrogen and oxygen atoms in total. The highest BCUT2D eigenvalue weighted by Gasteiger charge is 2.44. The molecule has 1 aromatic carbocycles. The quantitative estimate of drug-likeness (QED) is 0.713. The average molecular weight is 210 g/mol. The van der Waals surface area contributed by atoms with Crippen molar-refractivity contribution in [2.45, 2.75) is 20.0 Å². The Balaban J connectivity index is 2.19. The summed E-state index contributed by atoms with van der Waals surface area (Å²) >= 11 is 0. The Labute approximate surface area is 88.7 Å². The largest absolute Gasteiger partial charge is 0.510 e. The van der Waals surface area contributed by atoms with E-state index in [0.29, 0.717) is 24.7 Å². The highest BCUT2D eigenvalue weighted by molar-refractivity contribution is 5.41. The molecule has 0 aromatic heterocycles. The summed E-state index contributed by atoms with van der Waals surface area (Å²) in [5.74, 6) is 1.28. The van der Waals surface area contributed by atoms with Gasteiger partial charge in [0.25, 0.3) is 0 Å². The molecule has 0 spiro atoms. The van der Waals surface area contributed by atoms with Crippen LogP contribution in [-0.2, 0) is 9.47 Å². The fourth-order valence-electron chi connectivity index (χ4n) is 1.42. The van der Waals surface area contributed by atoms with E-state index in [-0.39, 0.29) is 0 Å². The van der Waals surface area contributed by atoms with Crippen molar-refractivity contribution in [1.82, 2.24) is 0 Å². The van der Waals surface area contributed by atoms with Gasteiger partial charge in [0.05, 0.1) is 13.2 Å². The number of ether oxygens (including phenoxy) is 4. The molecule has 0 unspecified atom stereocenters. The van der Waals surface area contributed by atoms with Gasteiger partial charge in [0.2, 0.25) is 0 Å². The third-order valence-electron chi connectivity index (χ3n) is 1.96. The van der Waals surface area contributed by atoms with Crippen molar-refractivity contribution >= 4 is 0 Å². The van der Waals surface area contributed by atoms with Crippen molar-refractivity contribution < 1.29 is 18.9 Å². The maximum absolute atomic E-state index is 5.51. The third-order valence-corrected chi connectivity index (χ3v) is 1.96. The molecule has 82 valence electrons. The van der Waals surface area contributed by atoms with Crippen molar-refractivity contribution in [2.75, 3.05) is 13.2 Å². The molecule has 0 fully saturated rings. The Morgan fingerprint density at radius 2 is 1.47 bits per heavy atom. The van der Waals surface area contributed by atoms with Gasteiger partial charge in [0, 0.05) is 0 Å². The number of hydrogen-bond donors (Lipinski definition) is 0. The second-order valence-corrected chi connectivity index (χ2v) is 3.02. The number of hydrogen-bond acceptors (Lipinski definition) is 4. The summed E-state index contributed by atoms with van der Waals surface area (Å²) in [6.07, 6.45) is -1.40. The first-order chi connectivity index (χ1) is 7.29. The van der Waals surface area contributed by atoms with Crippen LogP contribution in [0.2, 0.25) is 0 Å². The summed E-state index contributed by atoms with van der Waals surface area (Å²) < 4.78 is 21.7. The van der Waals surface area contributed by atoms with Crippen LogP contribution in [0.15, 0.2) is 24.3 Å². The molecule has 0 aliphatic carbocycles. The normalized spacial score (nSPS) is 16.7. The van der Waals surface area contributed by atoms with Crippen molar-refractivity contribution in [3.05, 3.63) is 24.3 Å². The lowest BCUT2D eigenvalue weighted by atomic mass is 10.3. The standard InChI is InChI=1S/C11H14O4/c1-3-12-11(13-4-2)14-9-7-5-6-8-10(9)15-11/h5-8H,3-4H2,1-2H3. The summed E-state index contributed by atoms with van der Waals surface area (Å²) in [5.41, 5.74) is 0. The molecule has 0 N–H and O–H groups in total. The predicted octanol–water partition coefficient (Wildman–Crippen LogP) is 2.14. The second-order valence-electron chi connectivity index (χ2n) is 3.02. The molecule has 0 amide bonds. The van der Waals surface area contributed by atoms with E-state index in [1.54, 1.807) is 0 Å². The molecule has 1 aliphatic heterocycles. The van der Waals surface area contributed by atoms with Gasteiger partial charge in [-0.15, -0.1) is 0 Å². The zero-order valence-corrected chi connectivity index (χ0v) is 8.86. The summed E-state index contributed by atoms with van der Waals surface area (Å²) in [6.45, 7) is 4.62. The third kappa shape index (κ3) is 1.91. The van der Waals surface area contributed by atoms with Gasteiger partial charge in [0.1, 0.15) is 0 Å². The molecule has 4 heteroatoms. The number of para-hydroxylation sites is 2. The first kappa shape index (κ1) is 10.3.